The lowest BCUT2D eigenvalue weighted by atomic mass is 10.3. The third-order valence-corrected chi connectivity index (χ3v) is 2.99. The third-order valence-electron chi connectivity index (χ3n) is 1.54. The average molecular weight is 246 g/mol. The van der Waals surface area contributed by atoms with Crippen molar-refractivity contribution in [2.75, 3.05) is 10.5 Å². The first-order valence-corrected chi connectivity index (χ1v) is 5.97. The van der Waals surface area contributed by atoms with Crippen LogP contribution >= 0.6 is 11.6 Å². The van der Waals surface area contributed by atoms with E-state index in [0.717, 1.165) is 0 Å². The van der Waals surface area contributed by atoms with Gasteiger partial charge in [-0.1, -0.05) is 11.6 Å². The van der Waals surface area contributed by atoms with Crippen LogP contribution < -0.4 is 4.72 Å². The molecule has 0 radical (unpaired) electrons. The molecule has 15 heavy (non-hydrogen) atoms. The van der Waals surface area contributed by atoms with Gasteiger partial charge in [0.25, 0.3) is 0 Å². The fourth-order valence-corrected chi connectivity index (χ4v) is 1.73. The summed E-state index contributed by atoms with van der Waals surface area (Å²) in [5, 5.41) is 8.59. The summed E-state index contributed by atoms with van der Waals surface area (Å²) in [7, 11) is -3.61. The number of halogens is 1. The number of anilines is 1. The molecule has 0 fully saturated rings. The Kier molecular flexibility index (Phi) is 3.50. The van der Waals surface area contributed by atoms with Crippen LogP contribution in [0.3, 0.4) is 0 Å². The molecule has 1 aromatic rings. The van der Waals surface area contributed by atoms with Gasteiger partial charge in [0.2, 0.25) is 10.0 Å². The zero-order valence-corrected chi connectivity index (χ0v) is 9.43. The summed E-state index contributed by atoms with van der Waals surface area (Å²) >= 11 is 5.67. The van der Waals surface area contributed by atoms with E-state index < -0.39 is 15.8 Å². The molecule has 0 aliphatic heterocycles. The Morgan fingerprint density at radius 1 is 1.67 bits per heavy atom. The van der Waals surface area contributed by atoms with E-state index in [2.05, 4.69) is 9.71 Å². The Morgan fingerprint density at radius 2 is 2.33 bits per heavy atom. The van der Waals surface area contributed by atoms with Gasteiger partial charge in [-0.3, -0.25) is 4.72 Å². The van der Waals surface area contributed by atoms with Crippen molar-refractivity contribution in [3.05, 3.63) is 23.0 Å². The summed E-state index contributed by atoms with van der Waals surface area (Å²) in [6, 6.07) is 3.10. The lowest BCUT2D eigenvalue weighted by Gasteiger charge is -2.05. The maximum atomic E-state index is 11.2. The molecular formula is C8H8ClN3O2S. The SMILES string of the molecule is Cc1cc(NS(=O)(=O)CC#N)cnc1Cl. The highest BCUT2D eigenvalue weighted by atomic mass is 35.5. The van der Waals surface area contributed by atoms with Crippen molar-refractivity contribution in [3.8, 4) is 6.07 Å². The fraction of sp³-hybridized carbons (Fsp3) is 0.250. The normalized spacial score (nSPS) is 10.7. The Bertz CT molecular complexity index is 507. The van der Waals surface area contributed by atoms with Gasteiger partial charge in [-0.15, -0.1) is 0 Å². The number of hydrogen-bond donors (Lipinski definition) is 1. The second kappa shape index (κ2) is 4.47. The molecule has 80 valence electrons. The van der Waals surface area contributed by atoms with Crippen LogP contribution in [0.15, 0.2) is 12.3 Å². The van der Waals surface area contributed by atoms with Gasteiger partial charge < -0.3 is 0 Å². The highest BCUT2D eigenvalue weighted by Gasteiger charge is 2.10. The van der Waals surface area contributed by atoms with Gasteiger partial charge in [-0.25, -0.2) is 13.4 Å². The van der Waals surface area contributed by atoms with E-state index in [-0.39, 0.29) is 0 Å². The van der Waals surface area contributed by atoms with Crippen LogP contribution in [0.4, 0.5) is 5.69 Å². The Morgan fingerprint density at radius 3 is 2.87 bits per heavy atom. The van der Waals surface area contributed by atoms with Crippen LogP contribution in [-0.2, 0) is 10.0 Å². The zero-order chi connectivity index (χ0) is 11.5. The van der Waals surface area contributed by atoms with E-state index in [1.807, 2.05) is 0 Å². The van der Waals surface area contributed by atoms with E-state index in [9.17, 15) is 8.42 Å². The van der Waals surface area contributed by atoms with E-state index >= 15 is 0 Å². The molecule has 0 spiro atoms. The van der Waals surface area contributed by atoms with Crippen molar-refractivity contribution in [3.63, 3.8) is 0 Å². The highest BCUT2D eigenvalue weighted by Crippen LogP contribution is 2.16. The molecule has 0 aliphatic carbocycles. The quantitative estimate of drug-likeness (QED) is 0.814. The summed E-state index contributed by atoms with van der Waals surface area (Å²) < 4.78 is 24.6. The molecule has 1 aromatic heterocycles. The first-order valence-electron chi connectivity index (χ1n) is 3.94. The number of rotatable bonds is 3. The number of nitrogens with zero attached hydrogens (tertiary/aromatic N) is 2. The van der Waals surface area contributed by atoms with Gasteiger partial charge in [-0.05, 0) is 18.6 Å². The molecule has 0 aromatic carbocycles. The van der Waals surface area contributed by atoms with Gasteiger partial charge in [0.1, 0.15) is 5.15 Å². The lowest BCUT2D eigenvalue weighted by Crippen LogP contribution is -2.15. The van der Waals surface area contributed by atoms with E-state index in [1.54, 1.807) is 19.1 Å². The van der Waals surface area contributed by atoms with Crippen molar-refractivity contribution in [2.24, 2.45) is 0 Å². The number of nitriles is 1. The van der Waals surface area contributed by atoms with Crippen LogP contribution in [-0.4, -0.2) is 19.2 Å². The number of sulfonamides is 1. The van der Waals surface area contributed by atoms with Gasteiger partial charge in [0.05, 0.1) is 18.0 Å². The van der Waals surface area contributed by atoms with Crippen LogP contribution in [0.2, 0.25) is 5.15 Å². The Labute approximate surface area is 92.8 Å². The molecule has 0 unspecified atom stereocenters. The van der Waals surface area contributed by atoms with Crippen molar-refractivity contribution in [1.82, 2.24) is 4.98 Å². The molecule has 0 atom stereocenters. The molecule has 5 nitrogen and oxygen atoms in total. The first kappa shape index (κ1) is 11.8. The summed E-state index contributed by atoms with van der Waals surface area (Å²) in [5.74, 6) is -0.589. The average Bonchev–Trinajstić information content (AvgIpc) is 2.10. The molecule has 0 saturated heterocycles. The smallest absolute Gasteiger partial charge is 0.246 e. The van der Waals surface area contributed by atoms with Crippen LogP contribution in [0.1, 0.15) is 5.56 Å². The van der Waals surface area contributed by atoms with E-state index in [0.29, 0.717) is 16.4 Å². The monoisotopic (exact) mass is 245 g/mol. The molecule has 1 N–H and O–H groups in total. The largest absolute Gasteiger partial charge is 0.281 e. The van der Waals surface area contributed by atoms with Gasteiger partial charge >= 0.3 is 0 Å². The second-order valence-corrected chi connectivity index (χ2v) is 4.93. The molecule has 0 amide bonds. The molecule has 0 aliphatic rings. The molecule has 7 heteroatoms. The van der Waals surface area contributed by atoms with Gasteiger partial charge in [0, 0.05) is 0 Å². The first-order chi connectivity index (χ1) is 6.94. The summed E-state index contributed by atoms with van der Waals surface area (Å²) in [4.78, 5) is 3.78. The van der Waals surface area contributed by atoms with Crippen molar-refractivity contribution < 1.29 is 8.42 Å². The lowest BCUT2D eigenvalue weighted by molar-refractivity contribution is 0.604. The molecule has 0 bridgehead atoms. The molecule has 1 rings (SSSR count). The van der Waals surface area contributed by atoms with Crippen molar-refractivity contribution in [2.45, 2.75) is 6.92 Å². The predicted molar refractivity (Wildman–Crippen MR) is 57.0 cm³/mol. The number of aromatic nitrogens is 1. The van der Waals surface area contributed by atoms with Gasteiger partial charge in [0.15, 0.2) is 5.75 Å². The van der Waals surface area contributed by atoms with Crippen LogP contribution in [0.25, 0.3) is 0 Å². The number of aryl methyl sites for hydroxylation is 1. The predicted octanol–water partition coefficient (Wildman–Crippen LogP) is 1.31. The Balaban J connectivity index is 2.92. The summed E-state index contributed by atoms with van der Waals surface area (Å²) in [6.45, 7) is 1.71. The fourth-order valence-electron chi connectivity index (χ4n) is 0.915. The molecule has 0 saturated carbocycles. The molecular weight excluding hydrogens is 238 g/mol. The summed E-state index contributed by atoms with van der Waals surface area (Å²) in [6.07, 6.45) is 1.30. The number of nitrogens with one attached hydrogen (secondary N) is 1. The Hall–Kier alpha value is -1.32. The second-order valence-electron chi connectivity index (χ2n) is 2.85. The minimum atomic E-state index is -3.61. The van der Waals surface area contributed by atoms with E-state index in [4.69, 9.17) is 16.9 Å². The maximum absolute atomic E-state index is 11.2. The van der Waals surface area contributed by atoms with Crippen molar-refractivity contribution >= 4 is 27.3 Å². The standard InChI is InChI=1S/C8H8ClN3O2S/c1-6-4-7(5-11-8(6)9)12-15(13,14)3-2-10/h4-5,12H,3H2,1H3. The van der Waals surface area contributed by atoms with Crippen LogP contribution in [0.5, 0.6) is 0 Å². The third kappa shape index (κ3) is 3.38. The topological polar surface area (TPSA) is 82.9 Å². The number of pyridine rings is 1. The molecule has 1 heterocycles. The number of hydrogen-bond acceptors (Lipinski definition) is 4. The van der Waals surface area contributed by atoms with Gasteiger partial charge in [-0.2, -0.15) is 5.26 Å². The minimum absolute atomic E-state index is 0.298. The maximum Gasteiger partial charge on any atom is 0.246 e. The summed E-state index contributed by atoms with van der Waals surface area (Å²) in [5.41, 5.74) is 0.959. The van der Waals surface area contributed by atoms with E-state index in [1.165, 1.54) is 6.20 Å². The van der Waals surface area contributed by atoms with Crippen molar-refractivity contribution in [1.29, 1.82) is 5.26 Å². The highest BCUT2D eigenvalue weighted by molar-refractivity contribution is 7.92. The van der Waals surface area contributed by atoms with Crippen LogP contribution in [0, 0.1) is 18.3 Å². The zero-order valence-electron chi connectivity index (χ0n) is 7.86. The minimum Gasteiger partial charge on any atom is -0.281 e.